The van der Waals surface area contributed by atoms with Crippen LogP contribution in [0.5, 0.6) is 0 Å². The summed E-state index contributed by atoms with van der Waals surface area (Å²) in [6.07, 6.45) is 14.0. The topological polar surface area (TPSA) is 36.9 Å². The summed E-state index contributed by atoms with van der Waals surface area (Å²) >= 11 is 0. The van der Waals surface area contributed by atoms with E-state index in [2.05, 4.69) is 12.2 Å². The van der Waals surface area contributed by atoms with Gasteiger partial charge in [0.05, 0.1) is 6.61 Å². The van der Waals surface area contributed by atoms with E-state index in [9.17, 15) is 0 Å². The third-order valence-electron chi connectivity index (χ3n) is 3.48. The lowest BCUT2D eigenvalue weighted by Gasteiger charge is -2.16. The average Bonchev–Trinajstić information content (AvgIpc) is 2.55. The van der Waals surface area contributed by atoms with Crippen molar-refractivity contribution in [3.05, 3.63) is 12.2 Å². The van der Waals surface area contributed by atoms with Gasteiger partial charge in [-0.25, -0.2) is 0 Å². The second-order valence-corrected chi connectivity index (χ2v) is 5.46. The largest absolute Gasteiger partial charge is 0.356 e. The van der Waals surface area contributed by atoms with Gasteiger partial charge in [-0.15, -0.1) is 0 Å². The van der Waals surface area contributed by atoms with Gasteiger partial charge in [-0.05, 0) is 52.9 Å². The molecular formula is C19H38O4. The van der Waals surface area contributed by atoms with Crippen LogP contribution in [0.1, 0.15) is 72.1 Å². The smallest absolute Gasteiger partial charge is 0.157 e. The lowest BCUT2D eigenvalue weighted by molar-refractivity contribution is -0.140. The van der Waals surface area contributed by atoms with Gasteiger partial charge in [0, 0.05) is 19.8 Å². The normalized spacial score (nSPS) is 11.8. The van der Waals surface area contributed by atoms with Crippen LogP contribution < -0.4 is 0 Å². The van der Waals surface area contributed by atoms with Crippen molar-refractivity contribution in [2.45, 2.75) is 78.4 Å². The van der Waals surface area contributed by atoms with Gasteiger partial charge in [0.15, 0.2) is 6.29 Å². The van der Waals surface area contributed by atoms with Gasteiger partial charge in [-0.3, -0.25) is 0 Å². The van der Waals surface area contributed by atoms with E-state index < -0.39 is 0 Å². The summed E-state index contributed by atoms with van der Waals surface area (Å²) in [4.78, 5) is 0. The maximum absolute atomic E-state index is 5.55. The summed E-state index contributed by atoms with van der Waals surface area (Å²) in [5.74, 6) is 0. The fourth-order valence-electron chi connectivity index (χ4n) is 2.28. The molecule has 0 rings (SSSR count). The molecule has 0 aliphatic carbocycles. The fraction of sp³-hybridized carbons (Fsp3) is 0.895. The van der Waals surface area contributed by atoms with E-state index in [1.165, 1.54) is 38.5 Å². The highest BCUT2D eigenvalue weighted by molar-refractivity contribution is 4.81. The molecule has 23 heavy (non-hydrogen) atoms. The fourth-order valence-corrected chi connectivity index (χ4v) is 2.28. The Balaban J connectivity index is 3.26. The van der Waals surface area contributed by atoms with Crippen molar-refractivity contribution in [2.24, 2.45) is 0 Å². The molecule has 0 aromatic carbocycles. The van der Waals surface area contributed by atoms with Crippen LogP contribution in [0.25, 0.3) is 0 Å². The van der Waals surface area contributed by atoms with Crippen LogP contribution in [0.2, 0.25) is 0 Å². The van der Waals surface area contributed by atoms with E-state index in [4.69, 9.17) is 18.9 Å². The number of hydrogen-bond donors (Lipinski definition) is 0. The molecule has 0 amide bonds. The monoisotopic (exact) mass is 330 g/mol. The lowest BCUT2D eigenvalue weighted by atomic mass is 10.1. The zero-order chi connectivity index (χ0) is 17.0. The van der Waals surface area contributed by atoms with Crippen molar-refractivity contribution in [3.8, 4) is 0 Å². The Kier molecular flexibility index (Phi) is 19.3. The first-order valence-electron chi connectivity index (χ1n) is 9.38. The molecule has 0 aliphatic heterocycles. The minimum absolute atomic E-state index is 0.00196. The van der Waals surface area contributed by atoms with Crippen molar-refractivity contribution < 1.29 is 18.9 Å². The molecule has 0 unspecified atom stereocenters. The van der Waals surface area contributed by atoms with Gasteiger partial charge in [-0.1, -0.05) is 31.4 Å². The minimum Gasteiger partial charge on any atom is -0.356 e. The van der Waals surface area contributed by atoms with Crippen LogP contribution in [0, 0.1) is 0 Å². The molecule has 0 radical (unpaired) electrons. The van der Waals surface area contributed by atoms with E-state index in [-0.39, 0.29) is 6.29 Å². The van der Waals surface area contributed by atoms with E-state index in [1.807, 2.05) is 20.8 Å². The number of hydrogen-bond acceptors (Lipinski definition) is 4. The Morgan fingerprint density at radius 1 is 0.696 bits per heavy atom. The van der Waals surface area contributed by atoms with Crippen molar-refractivity contribution in [3.63, 3.8) is 0 Å². The second kappa shape index (κ2) is 19.6. The SMILES string of the molecule is CCOCOCC/C=C\CCCCCCCC(OCC)OCC. The highest BCUT2D eigenvalue weighted by Gasteiger charge is 2.06. The molecule has 4 heteroatoms. The molecule has 0 aliphatic rings. The van der Waals surface area contributed by atoms with Crippen LogP contribution in [-0.2, 0) is 18.9 Å². The number of unbranched alkanes of at least 4 members (excludes halogenated alkanes) is 5. The Bertz CT molecular complexity index is 238. The molecule has 0 saturated carbocycles. The van der Waals surface area contributed by atoms with E-state index >= 15 is 0 Å². The Labute approximate surface area is 143 Å². The molecule has 0 atom stereocenters. The van der Waals surface area contributed by atoms with Crippen LogP contribution in [-0.4, -0.2) is 39.5 Å². The zero-order valence-electron chi connectivity index (χ0n) is 15.6. The van der Waals surface area contributed by atoms with Gasteiger partial charge in [0.2, 0.25) is 0 Å². The predicted octanol–water partition coefficient (Wildman–Crippen LogP) is 5.07. The summed E-state index contributed by atoms with van der Waals surface area (Å²) < 4.78 is 21.5. The minimum atomic E-state index is -0.00196. The summed E-state index contributed by atoms with van der Waals surface area (Å²) in [6, 6.07) is 0. The molecule has 0 heterocycles. The summed E-state index contributed by atoms with van der Waals surface area (Å²) in [5, 5.41) is 0. The first kappa shape index (κ1) is 22.6. The van der Waals surface area contributed by atoms with Gasteiger partial charge in [0.1, 0.15) is 6.79 Å². The standard InChI is InChI=1S/C19H38O4/c1-4-20-18-21-17-15-13-11-9-7-8-10-12-14-16-19(22-5-2)23-6-3/h11,13,19H,4-10,12,14-18H2,1-3H3/b13-11-. The van der Waals surface area contributed by atoms with Crippen molar-refractivity contribution in [2.75, 3.05) is 33.2 Å². The number of rotatable bonds is 18. The third kappa shape index (κ3) is 17.8. The highest BCUT2D eigenvalue weighted by atomic mass is 16.7. The van der Waals surface area contributed by atoms with Crippen molar-refractivity contribution in [1.82, 2.24) is 0 Å². The number of ether oxygens (including phenoxy) is 4. The zero-order valence-corrected chi connectivity index (χ0v) is 15.6. The molecule has 138 valence electrons. The van der Waals surface area contributed by atoms with Crippen LogP contribution in [0.3, 0.4) is 0 Å². The van der Waals surface area contributed by atoms with Crippen molar-refractivity contribution >= 4 is 0 Å². The molecule has 0 bridgehead atoms. The lowest BCUT2D eigenvalue weighted by Crippen LogP contribution is -2.17. The van der Waals surface area contributed by atoms with Crippen molar-refractivity contribution in [1.29, 1.82) is 0 Å². The maximum atomic E-state index is 5.55. The van der Waals surface area contributed by atoms with Gasteiger partial charge < -0.3 is 18.9 Å². The summed E-state index contributed by atoms with van der Waals surface area (Å²) in [7, 11) is 0. The molecule has 0 saturated heterocycles. The number of allylic oxidation sites excluding steroid dienone is 1. The van der Waals surface area contributed by atoms with Crippen LogP contribution >= 0.6 is 0 Å². The van der Waals surface area contributed by atoms with Crippen LogP contribution in [0.4, 0.5) is 0 Å². The first-order valence-corrected chi connectivity index (χ1v) is 9.38. The van der Waals surface area contributed by atoms with Gasteiger partial charge in [-0.2, -0.15) is 0 Å². The Hall–Kier alpha value is -0.420. The first-order chi connectivity index (χ1) is 11.3. The van der Waals surface area contributed by atoms with E-state index in [0.29, 0.717) is 13.4 Å². The molecule has 0 spiro atoms. The summed E-state index contributed by atoms with van der Waals surface area (Å²) in [5.41, 5.74) is 0. The summed E-state index contributed by atoms with van der Waals surface area (Å²) in [6.45, 7) is 9.35. The average molecular weight is 331 g/mol. The Morgan fingerprint density at radius 3 is 2.04 bits per heavy atom. The molecule has 0 fully saturated rings. The molecule has 0 aromatic rings. The molecular weight excluding hydrogens is 292 g/mol. The van der Waals surface area contributed by atoms with E-state index in [1.54, 1.807) is 0 Å². The van der Waals surface area contributed by atoms with Crippen LogP contribution in [0.15, 0.2) is 12.2 Å². The maximum Gasteiger partial charge on any atom is 0.157 e. The van der Waals surface area contributed by atoms with Gasteiger partial charge in [0.25, 0.3) is 0 Å². The highest BCUT2D eigenvalue weighted by Crippen LogP contribution is 2.11. The molecule has 0 aromatic heterocycles. The van der Waals surface area contributed by atoms with Gasteiger partial charge >= 0.3 is 0 Å². The van der Waals surface area contributed by atoms with E-state index in [0.717, 1.165) is 32.7 Å². The molecule has 4 nitrogen and oxygen atoms in total. The predicted molar refractivity (Wildman–Crippen MR) is 95.6 cm³/mol. The quantitative estimate of drug-likeness (QED) is 0.200. The molecule has 0 N–H and O–H groups in total. The Morgan fingerprint density at radius 2 is 1.35 bits per heavy atom. The third-order valence-corrected chi connectivity index (χ3v) is 3.48. The second-order valence-electron chi connectivity index (χ2n) is 5.46.